The second kappa shape index (κ2) is 8.69. The van der Waals surface area contributed by atoms with Crippen LogP contribution in [0.2, 0.25) is 5.02 Å². The zero-order valence-corrected chi connectivity index (χ0v) is 18.3. The first-order valence-corrected chi connectivity index (χ1v) is 11.6. The lowest BCUT2D eigenvalue weighted by Crippen LogP contribution is -2.18. The number of para-hydroxylation sites is 1. The van der Waals surface area contributed by atoms with E-state index in [4.69, 9.17) is 16.7 Å². The van der Waals surface area contributed by atoms with Gasteiger partial charge in [0.15, 0.2) is 5.16 Å². The van der Waals surface area contributed by atoms with Crippen molar-refractivity contribution in [3.8, 4) is 0 Å². The summed E-state index contributed by atoms with van der Waals surface area (Å²) in [4.78, 5) is 16.6. The fraction of sp³-hybridized carbons (Fsp3) is 0.222. The number of benzene rings is 2. The van der Waals surface area contributed by atoms with Gasteiger partial charge in [-0.1, -0.05) is 29.4 Å². The zero-order valence-electron chi connectivity index (χ0n) is 15.9. The number of fused-ring (bicyclic) bond motifs is 1. The molecule has 3 aromatic rings. The number of aromatic nitrogens is 2. The molecule has 0 spiro atoms. The van der Waals surface area contributed by atoms with E-state index in [1.54, 1.807) is 10.6 Å². The third-order valence-electron chi connectivity index (χ3n) is 4.25. The van der Waals surface area contributed by atoms with E-state index in [1.165, 1.54) is 18.2 Å². The number of rotatable bonds is 6. The largest absolute Gasteiger partial charge is 0.418 e. The Bertz CT molecular complexity index is 1260. The number of hydrogen-bond acceptors (Lipinski definition) is 5. The van der Waals surface area contributed by atoms with Crippen LogP contribution in [-0.2, 0) is 27.5 Å². The Hall–Kier alpha value is -2.28. The highest BCUT2D eigenvalue weighted by molar-refractivity contribution is 7.99. The SMILES string of the molecule is CCn1c(SCC(=O)Nc2c(Cl)cccc2C(F)(F)F)nc2cc(S(N)(=O)=O)ccc21. The number of imidazole rings is 1. The van der Waals surface area contributed by atoms with Gasteiger partial charge >= 0.3 is 6.18 Å². The Morgan fingerprint density at radius 3 is 2.61 bits per heavy atom. The fourth-order valence-corrected chi connectivity index (χ4v) is 4.51. The topological polar surface area (TPSA) is 107 Å². The number of sulfonamides is 1. The number of carbonyl (C=O) groups is 1. The Kier molecular flexibility index (Phi) is 6.56. The smallest absolute Gasteiger partial charge is 0.324 e. The number of alkyl halides is 3. The van der Waals surface area contributed by atoms with Crippen LogP contribution < -0.4 is 10.5 Å². The first kappa shape index (κ1) is 23.4. The van der Waals surface area contributed by atoms with Gasteiger partial charge in [-0.05, 0) is 37.3 Å². The van der Waals surface area contributed by atoms with Crippen LogP contribution in [0.15, 0.2) is 46.5 Å². The molecule has 0 fully saturated rings. The Morgan fingerprint density at radius 1 is 1.29 bits per heavy atom. The molecule has 1 aromatic heterocycles. The third-order valence-corrected chi connectivity index (χ3v) is 6.45. The van der Waals surface area contributed by atoms with Crippen LogP contribution in [0, 0.1) is 0 Å². The molecule has 13 heteroatoms. The maximum Gasteiger partial charge on any atom is 0.418 e. The van der Waals surface area contributed by atoms with Crippen molar-refractivity contribution < 1.29 is 26.4 Å². The average Bonchev–Trinajstić information content (AvgIpc) is 3.03. The normalized spacial score (nSPS) is 12.3. The number of aryl methyl sites for hydroxylation is 1. The molecule has 7 nitrogen and oxygen atoms in total. The summed E-state index contributed by atoms with van der Waals surface area (Å²) < 4.78 is 64.4. The van der Waals surface area contributed by atoms with Gasteiger partial charge in [-0.15, -0.1) is 0 Å². The van der Waals surface area contributed by atoms with Crippen LogP contribution >= 0.6 is 23.4 Å². The second-order valence-electron chi connectivity index (χ2n) is 6.33. The van der Waals surface area contributed by atoms with Gasteiger partial charge in [0.05, 0.1) is 38.0 Å². The Labute approximate surface area is 184 Å². The summed E-state index contributed by atoms with van der Waals surface area (Å²) in [6.07, 6.45) is -4.68. The molecule has 0 unspecified atom stereocenters. The quantitative estimate of drug-likeness (QED) is 0.504. The first-order valence-electron chi connectivity index (χ1n) is 8.73. The molecule has 0 aliphatic carbocycles. The number of amides is 1. The molecule has 1 amide bonds. The molecule has 2 aromatic carbocycles. The van der Waals surface area contributed by atoms with Gasteiger partial charge in [-0.2, -0.15) is 13.2 Å². The van der Waals surface area contributed by atoms with Crippen molar-refractivity contribution in [2.45, 2.75) is 29.7 Å². The van der Waals surface area contributed by atoms with E-state index in [2.05, 4.69) is 10.3 Å². The van der Waals surface area contributed by atoms with Gasteiger partial charge in [0.2, 0.25) is 15.9 Å². The zero-order chi connectivity index (χ0) is 23.0. The van der Waals surface area contributed by atoms with E-state index in [0.717, 1.165) is 23.9 Å². The number of nitrogens with two attached hydrogens (primary N) is 1. The van der Waals surface area contributed by atoms with Gasteiger partial charge in [0, 0.05) is 6.54 Å². The number of nitrogens with zero attached hydrogens (tertiary/aromatic N) is 2. The van der Waals surface area contributed by atoms with Gasteiger partial charge in [-0.3, -0.25) is 4.79 Å². The highest BCUT2D eigenvalue weighted by Crippen LogP contribution is 2.38. The Balaban J connectivity index is 1.83. The highest BCUT2D eigenvalue weighted by Gasteiger charge is 2.34. The van der Waals surface area contributed by atoms with Gasteiger partial charge in [0.1, 0.15) is 0 Å². The summed E-state index contributed by atoms with van der Waals surface area (Å²) in [5.41, 5.74) is -0.566. The van der Waals surface area contributed by atoms with Crippen LogP contribution in [0.4, 0.5) is 18.9 Å². The average molecular weight is 493 g/mol. The number of primary sulfonamides is 1. The minimum Gasteiger partial charge on any atom is -0.324 e. The molecular formula is C18H16ClF3N4O3S2. The lowest BCUT2D eigenvalue weighted by atomic mass is 10.1. The van der Waals surface area contributed by atoms with Crippen molar-refractivity contribution in [3.05, 3.63) is 47.0 Å². The number of thioether (sulfide) groups is 1. The van der Waals surface area contributed by atoms with Crippen LogP contribution in [0.3, 0.4) is 0 Å². The van der Waals surface area contributed by atoms with E-state index in [1.807, 2.05) is 6.92 Å². The summed E-state index contributed by atoms with van der Waals surface area (Å²) >= 11 is 6.84. The van der Waals surface area contributed by atoms with Gasteiger partial charge < -0.3 is 9.88 Å². The minimum absolute atomic E-state index is 0.103. The van der Waals surface area contributed by atoms with Crippen LogP contribution in [0.25, 0.3) is 11.0 Å². The molecule has 3 N–H and O–H groups in total. The summed E-state index contributed by atoms with van der Waals surface area (Å²) in [6.45, 7) is 2.30. The molecule has 166 valence electrons. The molecule has 0 bridgehead atoms. The van der Waals surface area contributed by atoms with Gasteiger partial charge in [-0.25, -0.2) is 18.5 Å². The monoisotopic (exact) mass is 492 g/mol. The maximum atomic E-state index is 13.2. The molecule has 3 rings (SSSR count). The van der Waals surface area contributed by atoms with Crippen LogP contribution in [0.5, 0.6) is 0 Å². The molecule has 1 heterocycles. The van der Waals surface area contributed by atoms with Crippen molar-refractivity contribution in [3.63, 3.8) is 0 Å². The summed E-state index contributed by atoms with van der Waals surface area (Å²) in [6, 6.07) is 7.44. The van der Waals surface area contributed by atoms with E-state index in [0.29, 0.717) is 22.7 Å². The first-order chi connectivity index (χ1) is 14.4. The van der Waals surface area contributed by atoms with Crippen molar-refractivity contribution in [1.82, 2.24) is 9.55 Å². The summed E-state index contributed by atoms with van der Waals surface area (Å²) in [7, 11) is -3.91. The third kappa shape index (κ3) is 5.14. The van der Waals surface area contributed by atoms with Crippen LogP contribution in [0.1, 0.15) is 12.5 Å². The van der Waals surface area contributed by atoms with Crippen molar-refractivity contribution in [2.75, 3.05) is 11.1 Å². The lowest BCUT2D eigenvalue weighted by Gasteiger charge is -2.15. The lowest BCUT2D eigenvalue weighted by molar-refractivity contribution is -0.137. The van der Waals surface area contributed by atoms with E-state index >= 15 is 0 Å². The van der Waals surface area contributed by atoms with Crippen molar-refractivity contribution in [2.24, 2.45) is 5.14 Å². The van der Waals surface area contributed by atoms with Crippen molar-refractivity contribution >= 4 is 56.0 Å². The number of carbonyl (C=O) groups excluding carboxylic acids is 1. The summed E-state index contributed by atoms with van der Waals surface area (Å²) in [5.74, 6) is -0.947. The predicted octanol–water partition coefficient (Wildman–Crippen LogP) is 4.11. The van der Waals surface area contributed by atoms with Crippen LogP contribution in [-0.4, -0.2) is 29.6 Å². The number of hydrogen-bond donors (Lipinski definition) is 2. The van der Waals surface area contributed by atoms with E-state index < -0.39 is 33.4 Å². The minimum atomic E-state index is -4.68. The highest BCUT2D eigenvalue weighted by atomic mass is 35.5. The molecule has 0 atom stereocenters. The van der Waals surface area contributed by atoms with E-state index in [9.17, 15) is 26.4 Å². The van der Waals surface area contributed by atoms with E-state index in [-0.39, 0.29) is 15.7 Å². The summed E-state index contributed by atoms with van der Waals surface area (Å²) in [5, 5.41) is 7.52. The van der Waals surface area contributed by atoms with Crippen molar-refractivity contribution in [1.29, 1.82) is 0 Å². The fourth-order valence-electron chi connectivity index (χ4n) is 2.87. The number of anilines is 1. The Morgan fingerprint density at radius 2 is 2.00 bits per heavy atom. The molecule has 0 aliphatic rings. The standard InChI is InChI=1S/C18H16ClF3N4O3S2/c1-2-26-14-7-6-10(31(23,28)29)8-13(14)24-17(26)30-9-15(27)25-16-11(18(20,21)22)4-3-5-12(16)19/h3-8H,2,9H2,1H3,(H,25,27)(H2,23,28,29). The molecule has 0 radical (unpaired) electrons. The molecule has 0 saturated carbocycles. The maximum absolute atomic E-state index is 13.2. The predicted molar refractivity (Wildman–Crippen MR) is 113 cm³/mol. The number of nitrogens with one attached hydrogen (secondary N) is 1. The molecule has 31 heavy (non-hydrogen) atoms. The molecular weight excluding hydrogens is 477 g/mol. The van der Waals surface area contributed by atoms with Gasteiger partial charge in [0.25, 0.3) is 0 Å². The second-order valence-corrected chi connectivity index (χ2v) is 9.24. The molecule has 0 aliphatic heterocycles. The molecule has 0 saturated heterocycles. The number of halogens is 4.